The fourth-order valence-electron chi connectivity index (χ4n) is 2.09. The minimum Gasteiger partial charge on any atom is -0.462 e. The predicted octanol–water partition coefficient (Wildman–Crippen LogP) is 5.32. The third-order valence-corrected chi connectivity index (χ3v) is 3.28. The smallest absolute Gasteiger partial charge is 0.338 e. The van der Waals surface area contributed by atoms with Crippen molar-refractivity contribution in [3.05, 3.63) is 60.7 Å². The average molecular weight is 286 g/mol. The monoisotopic (exact) mass is 286 g/mol. The maximum Gasteiger partial charge on any atom is 0.338 e. The van der Waals surface area contributed by atoms with Gasteiger partial charge >= 0.3 is 5.97 Å². The first-order chi connectivity index (χ1) is 10.3. The minimum atomic E-state index is -0.218. The standard InChI is InChI=1S/C19H26O2/c1-2-3-4-5-6-7-8-9-10-14-17-21-19(20)18-15-12-11-13-16-18/h2-4,11-13,15-16H,1,5-10,14,17H2/b4-3+. The molecular formula is C19H26O2. The molecule has 2 nitrogen and oxygen atoms in total. The summed E-state index contributed by atoms with van der Waals surface area (Å²) in [5.74, 6) is -0.218. The van der Waals surface area contributed by atoms with E-state index in [1.165, 1.54) is 25.7 Å². The maximum atomic E-state index is 11.7. The van der Waals surface area contributed by atoms with Crippen molar-refractivity contribution in [2.75, 3.05) is 6.61 Å². The van der Waals surface area contributed by atoms with Crippen LogP contribution in [0.5, 0.6) is 0 Å². The molecule has 0 radical (unpaired) electrons. The Labute approximate surface area is 128 Å². The Bertz CT molecular complexity index is 420. The molecule has 21 heavy (non-hydrogen) atoms. The van der Waals surface area contributed by atoms with E-state index in [1.807, 2.05) is 30.4 Å². The fraction of sp³-hybridized carbons (Fsp3) is 0.421. The van der Waals surface area contributed by atoms with Crippen LogP contribution in [-0.4, -0.2) is 12.6 Å². The molecule has 0 bridgehead atoms. The molecule has 0 unspecified atom stereocenters. The second kappa shape index (κ2) is 12.0. The van der Waals surface area contributed by atoms with Gasteiger partial charge in [0.25, 0.3) is 0 Å². The van der Waals surface area contributed by atoms with Crippen LogP contribution in [0.3, 0.4) is 0 Å². The van der Waals surface area contributed by atoms with Gasteiger partial charge in [-0.05, 0) is 31.4 Å². The van der Waals surface area contributed by atoms with Gasteiger partial charge in [0.15, 0.2) is 0 Å². The van der Waals surface area contributed by atoms with Gasteiger partial charge in [-0.3, -0.25) is 0 Å². The molecule has 0 aliphatic rings. The summed E-state index contributed by atoms with van der Waals surface area (Å²) in [6.07, 6.45) is 14.2. The highest BCUT2D eigenvalue weighted by Gasteiger charge is 2.04. The van der Waals surface area contributed by atoms with Gasteiger partial charge in [0, 0.05) is 0 Å². The first-order valence-corrected chi connectivity index (χ1v) is 7.84. The predicted molar refractivity (Wildman–Crippen MR) is 88.4 cm³/mol. The van der Waals surface area contributed by atoms with Gasteiger partial charge in [0.2, 0.25) is 0 Å². The van der Waals surface area contributed by atoms with Crippen LogP contribution in [-0.2, 0) is 4.74 Å². The molecule has 0 fully saturated rings. The quantitative estimate of drug-likeness (QED) is 0.313. The number of unbranched alkanes of at least 4 members (excludes halogenated alkanes) is 6. The van der Waals surface area contributed by atoms with E-state index in [2.05, 4.69) is 12.7 Å². The highest BCUT2D eigenvalue weighted by atomic mass is 16.5. The van der Waals surface area contributed by atoms with E-state index in [9.17, 15) is 4.79 Å². The van der Waals surface area contributed by atoms with Gasteiger partial charge in [-0.2, -0.15) is 0 Å². The lowest BCUT2D eigenvalue weighted by molar-refractivity contribution is 0.0497. The molecular weight excluding hydrogens is 260 g/mol. The molecule has 0 saturated heterocycles. The number of hydrogen-bond acceptors (Lipinski definition) is 2. The number of hydrogen-bond donors (Lipinski definition) is 0. The number of carbonyl (C=O) groups is 1. The van der Waals surface area contributed by atoms with Gasteiger partial charge in [-0.25, -0.2) is 4.79 Å². The van der Waals surface area contributed by atoms with Crippen LogP contribution in [0.1, 0.15) is 55.3 Å². The number of benzene rings is 1. The van der Waals surface area contributed by atoms with Gasteiger partial charge in [-0.15, -0.1) is 0 Å². The molecule has 0 heterocycles. The molecule has 114 valence electrons. The Morgan fingerprint density at radius 3 is 2.38 bits per heavy atom. The minimum absolute atomic E-state index is 0.218. The van der Waals surface area contributed by atoms with Crippen molar-refractivity contribution in [2.24, 2.45) is 0 Å². The molecule has 0 N–H and O–H groups in total. The molecule has 0 spiro atoms. The van der Waals surface area contributed by atoms with E-state index in [-0.39, 0.29) is 5.97 Å². The van der Waals surface area contributed by atoms with Crippen molar-refractivity contribution in [2.45, 2.75) is 44.9 Å². The summed E-state index contributed by atoms with van der Waals surface area (Å²) in [6, 6.07) is 9.15. The van der Waals surface area contributed by atoms with Crippen molar-refractivity contribution < 1.29 is 9.53 Å². The fourth-order valence-corrected chi connectivity index (χ4v) is 2.09. The lowest BCUT2D eigenvalue weighted by Crippen LogP contribution is -2.06. The van der Waals surface area contributed by atoms with Crippen LogP contribution < -0.4 is 0 Å². The van der Waals surface area contributed by atoms with Crippen molar-refractivity contribution in [1.82, 2.24) is 0 Å². The summed E-state index contributed by atoms with van der Waals surface area (Å²) >= 11 is 0. The van der Waals surface area contributed by atoms with E-state index in [4.69, 9.17) is 4.74 Å². The third-order valence-electron chi connectivity index (χ3n) is 3.28. The maximum absolute atomic E-state index is 11.7. The Hall–Kier alpha value is -1.83. The van der Waals surface area contributed by atoms with Gasteiger partial charge in [-0.1, -0.05) is 68.7 Å². The Kier molecular flexibility index (Phi) is 9.80. The highest BCUT2D eigenvalue weighted by molar-refractivity contribution is 5.89. The summed E-state index contributed by atoms with van der Waals surface area (Å²) in [6.45, 7) is 4.17. The topological polar surface area (TPSA) is 26.3 Å². The summed E-state index contributed by atoms with van der Waals surface area (Å²) in [4.78, 5) is 11.7. The zero-order valence-corrected chi connectivity index (χ0v) is 12.8. The van der Waals surface area contributed by atoms with Gasteiger partial charge in [0.05, 0.1) is 12.2 Å². The van der Waals surface area contributed by atoms with Gasteiger partial charge < -0.3 is 4.74 Å². The molecule has 0 aliphatic carbocycles. The molecule has 0 aliphatic heterocycles. The summed E-state index contributed by atoms with van der Waals surface area (Å²) in [5, 5.41) is 0. The van der Waals surface area contributed by atoms with Crippen molar-refractivity contribution in [3.8, 4) is 0 Å². The zero-order chi connectivity index (χ0) is 15.2. The van der Waals surface area contributed by atoms with Gasteiger partial charge in [0.1, 0.15) is 0 Å². The first kappa shape index (κ1) is 17.2. The number of carbonyl (C=O) groups excluding carboxylic acids is 1. The van der Waals surface area contributed by atoms with Crippen molar-refractivity contribution >= 4 is 5.97 Å². The van der Waals surface area contributed by atoms with Crippen LogP contribution in [0, 0.1) is 0 Å². The normalized spacial score (nSPS) is 10.7. The van der Waals surface area contributed by atoms with E-state index < -0.39 is 0 Å². The van der Waals surface area contributed by atoms with Crippen LogP contribution in [0.15, 0.2) is 55.1 Å². The highest BCUT2D eigenvalue weighted by Crippen LogP contribution is 2.08. The van der Waals surface area contributed by atoms with E-state index >= 15 is 0 Å². The molecule has 2 heteroatoms. The summed E-state index contributed by atoms with van der Waals surface area (Å²) < 4.78 is 5.24. The van der Waals surface area contributed by atoms with E-state index in [0.29, 0.717) is 12.2 Å². The molecule has 1 rings (SSSR count). The van der Waals surface area contributed by atoms with Crippen molar-refractivity contribution in [3.63, 3.8) is 0 Å². The van der Waals surface area contributed by atoms with Crippen LogP contribution in [0.4, 0.5) is 0 Å². The van der Waals surface area contributed by atoms with Crippen LogP contribution in [0.25, 0.3) is 0 Å². The largest absolute Gasteiger partial charge is 0.462 e. The Morgan fingerprint density at radius 1 is 1.00 bits per heavy atom. The van der Waals surface area contributed by atoms with Crippen LogP contribution in [0.2, 0.25) is 0 Å². The zero-order valence-electron chi connectivity index (χ0n) is 12.8. The lowest BCUT2D eigenvalue weighted by Gasteiger charge is -2.04. The number of esters is 1. The number of rotatable bonds is 11. The van der Waals surface area contributed by atoms with Crippen LogP contribution >= 0.6 is 0 Å². The molecule has 0 atom stereocenters. The molecule has 0 saturated carbocycles. The molecule has 0 aromatic heterocycles. The molecule has 1 aromatic rings. The second-order valence-corrected chi connectivity index (χ2v) is 5.08. The first-order valence-electron chi connectivity index (χ1n) is 7.84. The number of ether oxygens (including phenoxy) is 1. The Balaban J connectivity index is 1.92. The van der Waals surface area contributed by atoms with E-state index in [1.54, 1.807) is 12.1 Å². The average Bonchev–Trinajstić information content (AvgIpc) is 2.53. The summed E-state index contributed by atoms with van der Waals surface area (Å²) in [7, 11) is 0. The third kappa shape index (κ3) is 8.85. The summed E-state index contributed by atoms with van der Waals surface area (Å²) in [5.41, 5.74) is 0.630. The number of allylic oxidation sites excluding steroid dienone is 3. The second-order valence-electron chi connectivity index (χ2n) is 5.08. The van der Waals surface area contributed by atoms with Crippen molar-refractivity contribution in [1.29, 1.82) is 0 Å². The SMILES string of the molecule is C=C/C=C/CCCCCCCCOC(=O)c1ccccc1. The molecule has 1 aromatic carbocycles. The van der Waals surface area contributed by atoms with E-state index in [0.717, 1.165) is 19.3 Å². The Morgan fingerprint density at radius 2 is 1.67 bits per heavy atom. The lowest BCUT2D eigenvalue weighted by atomic mass is 10.1. The molecule has 0 amide bonds.